The number of hydrogen-bond donors (Lipinski definition) is 1. The number of nitrogens with one attached hydrogen (secondary N) is 1. The molecule has 1 aromatic heterocycles. The number of aromatic nitrogens is 1. The lowest BCUT2D eigenvalue weighted by atomic mass is 10.1. The summed E-state index contributed by atoms with van der Waals surface area (Å²) in [5.41, 5.74) is 3.31. The van der Waals surface area contributed by atoms with Crippen LogP contribution in [0.2, 0.25) is 0 Å². The maximum atomic E-state index is 9.11. The SMILES string of the molecule is COc1cccc(C#N)c1NCc1ccc(C)cn1. The van der Waals surface area contributed by atoms with E-state index in [-0.39, 0.29) is 0 Å². The lowest BCUT2D eigenvalue weighted by Crippen LogP contribution is -2.04. The van der Waals surface area contributed by atoms with Crippen molar-refractivity contribution in [2.75, 3.05) is 12.4 Å². The van der Waals surface area contributed by atoms with Crippen LogP contribution in [-0.2, 0) is 6.54 Å². The second kappa shape index (κ2) is 5.87. The molecule has 0 aliphatic carbocycles. The molecule has 0 fully saturated rings. The zero-order chi connectivity index (χ0) is 13.7. The summed E-state index contributed by atoms with van der Waals surface area (Å²) >= 11 is 0. The largest absolute Gasteiger partial charge is 0.495 e. The quantitative estimate of drug-likeness (QED) is 0.910. The van der Waals surface area contributed by atoms with Gasteiger partial charge in [0.1, 0.15) is 11.8 Å². The molecule has 96 valence electrons. The summed E-state index contributed by atoms with van der Waals surface area (Å²) in [7, 11) is 1.59. The molecule has 0 atom stereocenters. The summed E-state index contributed by atoms with van der Waals surface area (Å²) in [5, 5.41) is 12.3. The normalized spacial score (nSPS) is 9.74. The molecule has 0 spiro atoms. The summed E-state index contributed by atoms with van der Waals surface area (Å²) in [6.07, 6.45) is 1.82. The van der Waals surface area contributed by atoms with E-state index < -0.39 is 0 Å². The Labute approximate surface area is 112 Å². The molecule has 0 aliphatic heterocycles. The van der Waals surface area contributed by atoms with Crippen molar-refractivity contribution in [1.82, 2.24) is 4.98 Å². The highest BCUT2D eigenvalue weighted by Gasteiger charge is 2.08. The van der Waals surface area contributed by atoms with Gasteiger partial charge in [-0.2, -0.15) is 5.26 Å². The minimum atomic E-state index is 0.551. The lowest BCUT2D eigenvalue weighted by Gasteiger charge is -2.12. The molecular weight excluding hydrogens is 238 g/mol. The Hall–Kier alpha value is -2.54. The molecule has 0 radical (unpaired) electrons. The molecule has 1 aromatic carbocycles. The Morgan fingerprint density at radius 2 is 2.16 bits per heavy atom. The van der Waals surface area contributed by atoms with Crippen LogP contribution in [0.1, 0.15) is 16.8 Å². The number of para-hydroxylation sites is 1. The van der Waals surface area contributed by atoms with Gasteiger partial charge in [-0.25, -0.2) is 0 Å². The van der Waals surface area contributed by atoms with Gasteiger partial charge in [-0.15, -0.1) is 0 Å². The molecular formula is C15H15N3O. The summed E-state index contributed by atoms with van der Waals surface area (Å²) in [4.78, 5) is 4.32. The zero-order valence-electron chi connectivity index (χ0n) is 11.0. The van der Waals surface area contributed by atoms with E-state index in [0.29, 0.717) is 23.5 Å². The fourth-order valence-corrected chi connectivity index (χ4v) is 1.76. The van der Waals surface area contributed by atoms with E-state index in [1.807, 2.05) is 31.3 Å². The van der Waals surface area contributed by atoms with Crippen LogP contribution in [0.3, 0.4) is 0 Å². The van der Waals surface area contributed by atoms with Gasteiger partial charge in [0.05, 0.1) is 30.6 Å². The number of anilines is 1. The number of rotatable bonds is 4. The van der Waals surface area contributed by atoms with Crippen molar-refractivity contribution in [2.24, 2.45) is 0 Å². The average molecular weight is 253 g/mol. The average Bonchev–Trinajstić information content (AvgIpc) is 2.46. The molecule has 0 aliphatic rings. The highest BCUT2D eigenvalue weighted by atomic mass is 16.5. The third-order valence-corrected chi connectivity index (χ3v) is 2.79. The van der Waals surface area contributed by atoms with E-state index in [1.165, 1.54) is 0 Å². The van der Waals surface area contributed by atoms with Gasteiger partial charge < -0.3 is 10.1 Å². The first kappa shape index (κ1) is 12.9. The molecule has 1 heterocycles. The molecule has 0 amide bonds. The van der Waals surface area contributed by atoms with Gasteiger partial charge in [0, 0.05) is 6.20 Å². The van der Waals surface area contributed by atoms with Gasteiger partial charge in [0.2, 0.25) is 0 Å². The van der Waals surface area contributed by atoms with Crippen LogP contribution >= 0.6 is 0 Å². The Balaban J connectivity index is 2.19. The maximum absolute atomic E-state index is 9.11. The highest BCUT2D eigenvalue weighted by Crippen LogP contribution is 2.28. The van der Waals surface area contributed by atoms with Crippen molar-refractivity contribution in [3.63, 3.8) is 0 Å². The monoisotopic (exact) mass is 253 g/mol. The molecule has 2 rings (SSSR count). The Bertz CT molecular complexity index is 600. The minimum absolute atomic E-state index is 0.551. The van der Waals surface area contributed by atoms with E-state index in [1.54, 1.807) is 19.2 Å². The number of aryl methyl sites for hydroxylation is 1. The van der Waals surface area contributed by atoms with Gasteiger partial charge in [-0.1, -0.05) is 12.1 Å². The molecule has 2 aromatic rings. The van der Waals surface area contributed by atoms with Crippen molar-refractivity contribution in [1.29, 1.82) is 5.26 Å². The highest BCUT2D eigenvalue weighted by molar-refractivity contribution is 5.66. The van der Waals surface area contributed by atoms with Gasteiger partial charge >= 0.3 is 0 Å². The first-order valence-corrected chi connectivity index (χ1v) is 5.97. The van der Waals surface area contributed by atoms with E-state index in [9.17, 15) is 0 Å². The van der Waals surface area contributed by atoms with Crippen LogP contribution in [0.25, 0.3) is 0 Å². The number of hydrogen-bond acceptors (Lipinski definition) is 4. The number of pyridine rings is 1. The standard InChI is InChI=1S/C15H15N3O/c1-11-6-7-13(17-9-11)10-18-15-12(8-16)4-3-5-14(15)19-2/h3-7,9,18H,10H2,1-2H3. The topological polar surface area (TPSA) is 57.9 Å². The van der Waals surface area contributed by atoms with Crippen LogP contribution in [-0.4, -0.2) is 12.1 Å². The lowest BCUT2D eigenvalue weighted by molar-refractivity contribution is 0.416. The van der Waals surface area contributed by atoms with Gasteiger partial charge in [-0.05, 0) is 30.7 Å². The van der Waals surface area contributed by atoms with E-state index in [0.717, 1.165) is 11.3 Å². The molecule has 0 unspecified atom stereocenters. The molecule has 4 nitrogen and oxygen atoms in total. The van der Waals surface area contributed by atoms with Gasteiger partial charge in [0.15, 0.2) is 0 Å². The molecule has 4 heteroatoms. The van der Waals surface area contributed by atoms with E-state index >= 15 is 0 Å². The zero-order valence-corrected chi connectivity index (χ0v) is 11.0. The smallest absolute Gasteiger partial charge is 0.143 e. The van der Waals surface area contributed by atoms with Gasteiger partial charge in [0.25, 0.3) is 0 Å². The van der Waals surface area contributed by atoms with Crippen molar-refractivity contribution in [3.05, 3.63) is 53.3 Å². The Morgan fingerprint density at radius 3 is 2.79 bits per heavy atom. The van der Waals surface area contributed by atoms with Crippen molar-refractivity contribution in [3.8, 4) is 11.8 Å². The fourth-order valence-electron chi connectivity index (χ4n) is 1.76. The van der Waals surface area contributed by atoms with Crippen LogP contribution < -0.4 is 10.1 Å². The van der Waals surface area contributed by atoms with Gasteiger partial charge in [-0.3, -0.25) is 4.98 Å². The predicted octanol–water partition coefficient (Wildman–Crippen LogP) is 2.88. The summed E-state index contributed by atoms with van der Waals surface area (Å²) in [6, 6.07) is 11.5. The molecule has 1 N–H and O–H groups in total. The van der Waals surface area contributed by atoms with Crippen LogP contribution in [0.15, 0.2) is 36.5 Å². The number of methoxy groups -OCH3 is 1. The number of ether oxygens (including phenoxy) is 1. The summed E-state index contributed by atoms with van der Waals surface area (Å²) in [6.45, 7) is 2.55. The molecule has 0 saturated heterocycles. The first-order chi connectivity index (χ1) is 9.24. The molecule has 19 heavy (non-hydrogen) atoms. The number of benzene rings is 1. The van der Waals surface area contributed by atoms with Crippen molar-refractivity contribution < 1.29 is 4.74 Å². The van der Waals surface area contributed by atoms with Crippen molar-refractivity contribution >= 4 is 5.69 Å². The summed E-state index contributed by atoms with van der Waals surface area (Å²) < 4.78 is 5.26. The Morgan fingerprint density at radius 1 is 1.32 bits per heavy atom. The molecule has 0 bridgehead atoms. The number of nitriles is 1. The minimum Gasteiger partial charge on any atom is -0.495 e. The first-order valence-electron chi connectivity index (χ1n) is 5.97. The summed E-state index contributed by atoms with van der Waals surface area (Å²) in [5.74, 6) is 0.658. The van der Waals surface area contributed by atoms with Crippen LogP contribution in [0.5, 0.6) is 5.75 Å². The third-order valence-electron chi connectivity index (χ3n) is 2.79. The maximum Gasteiger partial charge on any atom is 0.143 e. The second-order valence-corrected chi connectivity index (χ2v) is 4.18. The second-order valence-electron chi connectivity index (χ2n) is 4.18. The van der Waals surface area contributed by atoms with E-state index in [4.69, 9.17) is 10.00 Å². The van der Waals surface area contributed by atoms with Crippen molar-refractivity contribution in [2.45, 2.75) is 13.5 Å². The fraction of sp³-hybridized carbons (Fsp3) is 0.200. The molecule has 0 saturated carbocycles. The van der Waals surface area contributed by atoms with E-state index in [2.05, 4.69) is 16.4 Å². The Kier molecular flexibility index (Phi) is 3.99. The number of nitrogens with zero attached hydrogens (tertiary/aromatic N) is 2. The third kappa shape index (κ3) is 3.02. The predicted molar refractivity (Wildman–Crippen MR) is 74.0 cm³/mol. The van der Waals surface area contributed by atoms with Crippen LogP contribution in [0, 0.1) is 18.3 Å². The van der Waals surface area contributed by atoms with Crippen LogP contribution in [0.4, 0.5) is 5.69 Å².